The van der Waals surface area contributed by atoms with Gasteiger partial charge in [0.15, 0.2) is 0 Å². The van der Waals surface area contributed by atoms with Crippen LogP contribution in [0.1, 0.15) is 38.3 Å². The molecule has 0 amide bonds. The van der Waals surface area contributed by atoms with Gasteiger partial charge in [0.1, 0.15) is 11.7 Å². The second-order valence-corrected chi connectivity index (χ2v) is 9.83. The molecule has 1 aliphatic rings. The fourth-order valence-electron chi connectivity index (χ4n) is 4.89. The third-order valence-electron chi connectivity index (χ3n) is 6.77. The van der Waals surface area contributed by atoms with Gasteiger partial charge in [0, 0.05) is 16.9 Å². The van der Waals surface area contributed by atoms with Gasteiger partial charge in [-0.3, -0.25) is 14.9 Å². The molecule has 0 aliphatic heterocycles. The predicted molar refractivity (Wildman–Crippen MR) is 182 cm³/mol. The van der Waals surface area contributed by atoms with E-state index in [1.54, 1.807) is 6.92 Å². The van der Waals surface area contributed by atoms with E-state index in [2.05, 4.69) is 97.3 Å². The highest BCUT2D eigenvalue weighted by atomic mass is 15.2. The zero-order valence-electron chi connectivity index (χ0n) is 25.3. The number of hydrogen-bond acceptors (Lipinski definition) is 2. The quantitative estimate of drug-likeness (QED) is 0.178. The van der Waals surface area contributed by atoms with Crippen LogP contribution in [0.15, 0.2) is 134 Å². The topological polar surface area (TPSA) is 44.9 Å². The highest BCUT2D eigenvalue weighted by Crippen LogP contribution is 2.30. The Balaban J connectivity index is 0.000000190. The van der Waals surface area contributed by atoms with Crippen molar-refractivity contribution >= 4 is 33.9 Å². The van der Waals surface area contributed by atoms with E-state index in [-0.39, 0.29) is 0 Å². The zero-order chi connectivity index (χ0) is 29.9. The van der Waals surface area contributed by atoms with Gasteiger partial charge in [-0.05, 0) is 81.3 Å². The highest BCUT2D eigenvalue weighted by Gasteiger charge is 2.15. The van der Waals surface area contributed by atoms with Crippen molar-refractivity contribution in [3.8, 4) is 11.4 Å². The molecule has 1 heterocycles. The summed E-state index contributed by atoms with van der Waals surface area (Å²) in [6, 6.07) is 34.9. The van der Waals surface area contributed by atoms with Crippen molar-refractivity contribution in [1.29, 1.82) is 5.41 Å². The van der Waals surface area contributed by atoms with Gasteiger partial charge in [0.2, 0.25) is 0 Å². The van der Waals surface area contributed by atoms with Crippen LogP contribution < -0.4 is 4.90 Å². The number of allylic oxidation sites excluding steroid dienone is 6. The SMILES string of the molecule is CC.CC(=N)N(c1ccccc1)c1ccccc1C.Cc1cccc(-c2nc3ccccc3n2C2=CC=CCC=C2)c1. The molecule has 0 spiro atoms. The lowest BCUT2D eigenvalue weighted by molar-refractivity contribution is 1.14. The van der Waals surface area contributed by atoms with Gasteiger partial charge >= 0.3 is 0 Å². The van der Waals surface area contributed by atoms with Crippen molar-refractivity contribution in [1.82, 2.24) is 9.55 Å². The molecule has 0 unspecified atom stereocenters. The zero-order valence-corrected chi connectivity index (χ0v) is 25.3. The molecule has 4 aromatic carbocycles. The van der Waals surface area contributed by atoms with Crippen LogP contribution in [0.2, 0.25) is 0 Å². The summed E-state index contributed by atoms with van der Waals surface area (Å²) >= 11 is 0. The third-order valence-corrected chi connectivity index (χ3v) is 6.77. The number of fused-ring (bicyclic) bond motifs is 1. The molecule has 0 saturated heterocycles. The largest absolute Gasteiger partial charge is 0.299 e. The molecular formula is C38H40N4. The number of anilines is 2. The number of aromatic nitrogens is 2. The normalized spacial score (nSPS) is 11.9. The summed E-state index contributed by atoms with van der Waals surface area (Å²) < 4.78 is 2.25. The average molecular weight is 553 g/mol. The minimum Gasteiger partial charge on any atom is -0.299 e. The van der Waals surface area contributed by atoms with Crippen molar-refractivity contribution < 1.29 is 0 Å². The van der Waals surface area contributed by atoms with E-state index < -0.39 is 0 Å². The molecule has 212 valence electrons. The van der Waals surface area contributed by atoms with Gasteiger partial charge in [-0.15, -0.1) is 0 Å². The maximum Gasteiger partial charge on any atom is 0.145 e. The highest BCUT2D eigenvalue weighted by molar-refractivity contribution is 6.01. The third kappa shape index (κ3) is 7.02. The van der Waals surface area contributed by atoms with Gasteiger partial charge in [-0.2, -0.15) is 0 Å². The summed E-state index contributed by atoms with van der Waals surface area (Å²) in [7, 11) is 0. The van der Waals surface area contributed by atoms with Gasteiger partial charge in [0.25, 0.3) is 0 Å². The van der Waals surface area contributed by atoms with Crippen molar-refractivity contribution in [3.63, 3.8) is 0 Å². The number of nitrogens with zero attached hydrogens (tertiary/aromatic N) is 3. The van der Waals surface area contributed by atoms with Crippen LogP contribution in [0, 0.1) is 19.3 Å². The Bertz CT molecular complexity index is 1720. The molecule has 0 fully saturated rings. The smallest absolute Gasteiger partial charge is 0.145 e. The van der Waals surface area contributed by atoms with Crippen LogP contribution in [0.5, 0.6) is 0 Å². The summed E-state index contributed by atoms with van der Waals surface area (Å²) in [6.07, 6.45) is 11.7. The second kappa shape index (κ2) is 14.6. The van der Waals surface area contributed by atoms with Crippen LogP contribution in [0.25, 0.3) is 28.1 Å². The number of imidazole rings is 1. The molecular weight excluding hydrogens is 512 g/mol. The standard InChI is InChI=1S/C21H18N2.C15H16N2.C2H6/c1-16-9-8-10-17(15-16)21-22-19-13-6-7-14-20(19)23(21)18-11-4-2-3-5-12-18;1-12-8-6-7-11-15(12)17(13(2)16)14-9-4-3-5-10-14;1-2/h2,4-15H,3H2,1H3;3-11,16H,1-2H3;1-2H3. The van der Waals surface area contributed by atoms with E-state index in [0.717, 1.165) is 45.9 Å². The molecule has 6 rings (SSSR count). The van der Waals surface area contributed by atoms with E-state index in [4.69, 9.17) is 10.4 Å². The van der Waals surface area contributed by atoms with Crippen molar-refractivity contribution in [2.45, 2.75) is 41.0 Å². The first-order valence-electron chi connectivity index (χ1n) is 14.6. The number of rotatable bonds is 4. The molecule has 0 atom stereocenters. The predicted octanol–water partition coefficient (Wildman–Crippen LogP) is 10.5. The molecule has 0 saturated carbocycles. The number of benzene rings is 4. The van der Waals surface area contributed by atoms with Crippen molar-refractivity contribution in [2.24, 2.45) is 0 Å². The number of aryl methyl sites for hydroxylation is 2. The summed E-state index contributed by atoms with van der Waals surface area (Å²) in [5, 5.41) is 7.95. The summed E-state index contributed by atoms with van der Waals surface area (Å²) in [5.41, 5.74) is 8.93. The molecule has 1 aromatic heterocycles. The Morgan fingerprint density at radius 3 is 2.26 bits per heavy atom. The van der Waals surface area contributed by atoms with E-state index in [0.29, 0.717) is 5.84 Å². The van der Waals surface area contributed by atoms with E-state index in [1.165, 1.54) is 11.1 Å². The summed E-state index contributed by atoms with van der Waals surface area (Å²) in [5.74, 6) is 1.51. The molecule has 4 heteroatoms. The van der Waals surface area contributed by atoms with E-state index in [9.17, 15) is 0 Å². The second-order valence-electron chi connectivity index (χ2n) is 9.83. The van der Waals surface area contributed by atoms with Crippen molar-refractivity contribution in [2.75, 3.05) is 4.90 Å². The van der Waals surface area contributed by atoms with Gasteiger partial charge in [0.05, 0.1) is 16.7 Å². The monoisotopic (exact) mass is 552 g/mol. The van der Waals surface area contributed by atoms with Crippen LogP contribution in [-0.2, 0) is 0 Å². The summed E-state index contributed by atoms with van der Waals surface area (Å²) in [4.78, 5) is 6.85. The Kier molecular flexibility index (Phi) is 10.4. The number of nitrogens with one attached hydrogen (secondary N) is 1. The first-order valence-corrected chi connectivity index (χ1v) is 14.6. The van der Waals surface area contributed by atoms with E-state index >= 15 is 0 Å². The van der Waals surface area contributed by atoms with Gasteiger partial charge < -0.3 is 0 Å². The number of amidine groups is 1. The van der Waals surface area contributed by atoms with Crippen LogP contribution in [0.3, 0.4) is 0 Å². The lowest BCUT2D eigenvalue weighted by Crippen LogP contribution is -2.22. The average Bonchev–Trinajstić information content (AvgIpc) is 3.19. The first-order chi connectivity index (χ1) is 20.5. The van der Waals surface area contributed by atoms with E-state index in [1.807, 2.05) is 73.3 Å². The number of para-hydroxylation sites is 4. The first kappa shape index (κ1) is 30.0. The Morgan fingerprint density at radius 1 is 0.810 bits per heavy atom. The molecule has 0 bridgehead atoms. The van der Waals surface area contributed by atoms with Gasteiger partial charge in [-0.25, -0.2) is 4.98 Å². The molecule has 4 nitrogen and oxygen atoms in total. The Labute approximate surface area is 250 Å². The fraction of sp³-hybridized carbons (Fsp3) is 0.158. The Morgan fingerprint density at radius 2 is 1.52 bits per heavy atom. The molecule has 42 heavy (non-hydrogen) atoms. The maximum absolute atomic E-state index is 7.95. The van der Waals surface area contributed by atoms with Crippen LogP contribution >= 0.6 is 0 Å². The maximum atomic E-state index is 7.95. The molecule has 1 aliphatic carbocycles. The number of hydrogen-bond donors (Lipinski definition) is 1. The fourth-order valence-corrected chi connectivity index (χ4v) is 4.89. The lowest BCUT2D eigenvalue weighted by Gasteiger charge is -2.25. The van der Waals surface area contributed by atoms with Crippen LogP contribution in [-0.4, -0.2) is 15.4 Å². The van der Waals surface area contributed by atoms with Crippen molar-refractivity contribution in [3.05, 3.63) is 145 Å². The molecule has 5 aromatic rings. The Hall–Kier alpha value is -4.96. The molecule has 1 N–H and O–H groups in total. The van der Waals surface area contributed by atoms with Gasteiger partial charge in [-0.1, -0.05) is 104 Å². The molecule has 0 radical (unpaired) electrons. The van der Waals surface area contributed by atoms with Crippen LogP contribution in [0.4, 0.5) is 11.4 Å². The minimum atomic E-state index is 0.519. The lowest BCUT2D eigenvalue weighted by atomic mass is 10.1. The minimum absolute atomic E-state index is 0.519. The summed E-state index contributed by atoms with van der Waals surface area (Å²) in [6.45, 7) is 9.98.